The lowest BCUT2D eigenvalue weighted by atomic mass is 9.83. The second-order valence-corrected chi connectivity index (χ2v) is 6.77. The minimum Gasteiger partial charge on any atom is -0.103 e. The van der Waals surface area contributed by atoms with E-state index < -0.39 is 4.87 Å². The van der Waals surface area contributed by atoms with Gasteiger partial charge in [-0.15, -0.1) is 11.6 Å². The Hall–Kier alpha value is -1.70. The molecule has 1 aliphatic rings. The summed E-state index contributed by atoms with van der Waals surface area (Å²) in [5.41, 5.74) is 3.45. The lowest BCUT2D eigenvalue weighted by Crippen LogP contribution is -2.26. The van der Waals surface area contributed by atoms with E-state index in [1.54, 1.807) is 11.8 Å². The molecule has 0 radical (unpaired) electrons. The monoisotopic (exact) mass is 308 g/mol. The van der Waals surface area contributed by atoms with Crippen molar-refractivity contribution in [3.63, 3.8) is 0 Å². The summed E-state index contributed by atoms with van der Waals surface area (Å²) < 4.78 is 0. The molecule has 0 saturated carbocycles. The van der Waals surface area contributed by atoms with Crippen molar-refractivity contribution in [3.05, 3.63) is 95.6 Å². The van der Waals surface area contributed by atoms with Crippen molar-refractivity contribution < 1.29 is 0 Å². The molecule has 1 heterocycles. The van der Waals surface area contributed by atoms with E-state index in [9.17, 15) is 0 Å². The van der Waals surface area contributed by atoms with Gasteiger partial charge in [0.1, 0.15) is 4.87 Å². The minimum atomic E-state index is -0.611. The number of hydrogen-bond acceptors (Lipinski definition) is 1. The summed E-state index contributed by atoms with van der Waals surface area (Å²) in [4.78, 5) is 1.85. The number of alkyl halides is 1. The third-order valence-electron chi connectivity index (χ3n) is 3.91. The van der Waals surface area contributed by atoms with Crippen LogP contribution in [0.1, 0.15) is 16.7 Å². The minimum absolute atomic E-state index is 0.611. The molecule has 0 fully saturated rings. The normalized spacial score (nSPS) is 15.1. The molecule has 1 aliphatic heterocycles. The summed E-state index contributed by atoms with van der Waals surface area (Å²) in [5, 5.41) is 0. The maximum absolute atomic E-state index is 7.25. The Morgan fingerprint density at radius 2 is 1.10 bits per heavy atom. The van der Waals surface area contributed by atoms with Crippen molar-refractivity contribution in [2.75, 3.05) is 0 Å². The fraction of sp³-hybridized carbons (Fsp3) is 0.0526. The largest absolute Gasteiger partial charge is 0.122 e. The van der Waals surface area contributed by atoms with Gasteiger partial charge in [-0.05, 0) is 28.8 Å². The van der Waals surface area contributed by atoms with Crippen molar-refractivity contribution in [2.45, 2.75) is 14.7 Å². The molecule has 4 rings (SSSR count). The summed E-state index contributed by atoms with van der Waals surface area (Å²) in [5.74, 6) is 0. The van der Waals surface area contributed by atoms with Gasteiger partial charge in [0.15, 0.2) is 0 Å². The summed E-state index contributed by atoms with van der Waals surface area (Å²) in [7, 11) is 0. The van der Waals surface area contributed by atoms with Crippen LogP contribution < -0.4 is 0 Å². The highest BCUT2D eigenvalue weighted by Crippen LogP contribution is 2.54. The summed E-state index contributed by atoms with van der Waals surface area (Å²) in [6.45, 7) is 0. The maximum Gasteiger partial charge on any atom is 0.122 e. The number of halogens is 1. The summed E-state index contributed by atoms with van der Waals surface area (Å²) in [6.07, 6.45) is 0. The van der Waals surface area contributed by atoms with Gasteiger partial charge in [0, 0.05) is 9.79 Å². The van der Waals surface area contributed by atoms with E-state index in [-0.39, 0.29) is 0 Å². The molecular weight excluding hydrogens is 296 g/mol. The van der Waals surface area contributed by atoms with Crippen molar-refractivity contribution in [2.24, 2.45) is 0 Å². The van der Waals surface area contributed by atoms with Crippen LogP contribution in [0.2, 0.25) is 0 Å². The molecule has 3 aromatic carbocycles. The molecule has 0 amide bonds. The van der Waals surface area contributed by atoms with Gasteiger partial charge in [0.2, 0.25) is 0 Å². The van der Waals surface area contributed by atoms with Crippen molar-refractivity contribution in [3.8, 4) is 0 Å². The van der Waals surface area contributed by atoms with Gasteiger partial charge < -0.3 is 0 Å². The molecule has 0 spiro atoms. The predicted octanol–water partition coefficient (Wildman–Crippen LogP) is 5.68. The van der Waals surface area contributed by atoms with Crippen LogP contribution in [0.5, 0.6) is 0 Å². The second kappa shape index (κ2) is 4.94. The van der Waals surface area contributed by atoms with Crippen molar-refractivity contribution >= 4 is 23.4 Å². The third-order valence-corrected chi connectivity index (χ3v) is 5.69. The smallest absolute Gasteiger partial charge is 0.103 e. The zero-order valence-electron chi connectivity index (χ0n) is 11.3. The zero-order chi connectivity index (χ0) is 14.3. The van der Waals surface area contributed by atoms with Gasteiger partial charge in [0.05, 0.1) is 0 Å². The lowest BCUT2D eigenvalue weighted by Gasteiger charge is -2.35. The van der Waals surface area contributed by atoms with E-state index in [0.29, 0.717) is 0 Å². The van der Waals surface area contributed by atoms with Gasteiger partial charge in [-0.2, -0.15) is 0 Å². The number of hydrogen-bond donors (Lipinski definition) is 0. The molecule has 0 unspecified atom stereocenters. The SMILES string of the molecule is ClC1(c2ccccc2)c2ccccc2Sc2ccccc21. The second-order valence-electron chi connectivity index (χ2n) is 5.12. The molecule has 0 N–H and O–H groups in total. The highest BCUT2D eigenvalue weighted by Gasteiger charge is 2.40. The van der Waals surface area contributed by atoms with E-state index in [0.717, 1.165) is 5.56 Å². The molecule has 0 nitrogen and oxygen atoms in total. The van der Waals surface area contributed by atoms with Crippen LogP contribution in [0.15, 0.2) is 88.7 Å². The van der Waals surface area contributed by atoms with Crippen LogP contribution in [-0.2, 0) is 4.87 Å². The first-order valence-corrected chi connectivity index (χ1v) is 8.11. The topological polar surface area (TPSA) is 0 Å². The van der Waals surface area contributed by atoms with Gasteiger partial charge in [-0.3, -0.25) is 0 Å². The van der Waals surface area contributed by atoms with Crippen LogP contribution in [0, 0.1) is 0 Å². The summed E-state index contributed by atoms with van der Waals surface area (Å²) in [6, 6.07) is 27.2. The molecule has 21 heavy (non-hydrogen) atoms. The first-order valence-electron chi connectivity index (χ1n) is 6.91. The van der Waals surface area contributed by atoms with E-state index >= 15 is 0 Å². The molecular formula is C19H13ClS. The van der Waals surface area contributed by atoms with E-state index in [1.165, 1.54) is 20.9 Å². The maximum atomic E-state index is 7.25. The fourth-order valence-electron chi connectivity index (χ4n) is 2.92. The molecule has 0 atom stereocenters. The average Bonchev–Trinajstić information content (AvgIpc) is 2.56. The molecule has 2 heteroatoms. The van der Waals surface area contributed by atoms with Crippen LogP contribution in [0.4, 0.5) is 0 Å². The molecule has 0 aliphatic carbocycles. The highest BCUT2D eigenvalue weighted by atomic mass is 35.5. The Kier molecular flexibility index (Phi) is 3.06. The number of rotatable bonds is 1. The van der Waals surface area contributed by atoms with Crippen molar-refractivity contribution in [1.82, 2.24) is 0 Å². The first-order chi connectivity index (χ1) is 10.3. The van der Waals surface area contributed by atoms with Crippen LogP contribution in [-0.4, -0.2) is 0 Å². The molecule has 0 bridgehead atoms. The van der Waals surface area contributed by atoms with Crippen LogP contribution in [0.3, 0.4) is 0 Å². The van der Waals surface area contributed by atoms with Gasteiger partial charge >= 0.3 is 0 Å². The Bertz CT molecular complexity index is 750. The van der Waals surface area contributed by atoms with Crippen LogP contribution in [0.25, 0.3) is 0 Å². The Balaban J connectivity index is 2.06. The molecule has 0 aromatic heterocycles. The van der Waals surface area contributed by atoms with Crippen LogP contribution >= 0.6 is 23.4 Å². The number of fused-ring (bicyclic) bond motifs is 2. The highest BCUT2D eigenvalue weighted by molar-refractivity contribution is 7.99. The van der Waals surface area contributed by atoms with E-state index in [4.69, 9.17) is 11.6 Å². The Morgan fingerprint density at radius 1 is 0.619 bits per heavy atom. The van der Waals surface area contributed by atoms with Gasteiger partial charge in [-0.25, -0.2) is 0 Å². The van der Waals surface area contributed by atoms with Gasteiger partial charge in [0.25, 0.3) is 0 Å². The van der Waals surface area contributed by atoms with E-state index in [2.05, 4.69) is 60.7 Å². The molecule has 3 aromatic rings. The standard InChI is InChI=1S/C19H13ClS/c20-19(14-8-2-1-3-9-14)15-10-4-6-12-17(15)21-18-13-7-5-11-16(18)19/h1-13H. The first kappa shape index (κ1) is 13.0. The third kappa shape index (κ3) is 1.92. The lowest BCUT2D eigenvalue weighted by molar-refractivity contribution is 0.818. The molecule has 102 valence electrons. The summed E-state index contributed by atoms with van der Waals surface area (Å²) >= 11 is 9.04. The predicted molar refractivity (Wildman–Crippen MR) is 89.2 cm³/mol. The average molecular weight is 309 g/mol. The zero-order valence-corrected chi connectivity index (χ0v) is 12.9. The quantitative estimate of drug-likeness (QED) is 0.521. The fourth-order valence-corrected chi connectivity index (χ4v) is 4.68. The molecule has 0 saturated heterocycles. The van der Waals surface area contributed by atoms with E-state index in [1.807, 2.05) is 18.2 Å². The Labute approximate surface area is 133 Å². The Morgan fingerprint density at radius 3 is 1.67 bits per heavy atom. The van der Waals surface area contributed by atoms with Gasteiger partial charge in [-0.1, -0.05) is 78.5 Å². The number of benzene rings is 3. The van der Waals surface area contributed by atoms with Crippen molar-refractivity contribution in [1.29, 1.82) is 0 Å².